The zero-order valence-corrected chi connectivity index (χ0v) is 11.3. The van der Waals surface area contributed by atoms with Crippen LogP contribution >= 0.6 is 0 Å². The van der Waals surface area contributed by atoms with E-state index in [0.29, 0.717) is 10.9 Å². The van der Waals surface area contributed by atoms with Gasteiger partial charge in [0.2, 0.25) is 0 Å². The van der Waals surface area contributed by atoms with Gasteiger partial charge in [0, 0.05) is 11.5 Å². The van der Waals surface area contributed by atoms with Gasteiger partial charge in [0.05, 0.1) is 5.52 Å². The van der Waals surface area contributed by atoms with Crippen LogP contribution in [0.4, 0.5) is 8.78 Å². The van der Waals surface area contributed by atoms with Crippen LogP contribution in [0.3, 0.4) is 0 Å². The minimum Gasteiger partial charge on any atom is -0.453 e. The summed E-state index contributed by atoms with van der Waals surface area (Å²) < 4.78 is 34.9. The van der Waals surface area contributed by atoms with E-state index in [1.807, 2.05) is 0 Å². The van der Waals surface area contributed by atoms with Crippen molar-refractivity contribution in [2.75, 3.05) is 0 Å². The van der Waals surface area contributed by atoms with Gasteiger partial charge in [-0.1, -0.05) is 24.3 Å². The summed E-state index contributed by atoms with van der Waals surface area (Å²) in [6, 6.07) is 14.4. The average molecular weight is 303 g/mol. The first-order chi connectivity index (χ1) is 10.6. The number of nitrogens with one attached hydrogen (secondary N) is 1. The van der Waals surface area contributed by atoms with Crippen molar-refractivity contribution in [1.82, 2.24) is 4.98 Å². The van der Waals surface area contributed by atoms with Gasteiger partial charge in [-0.05, 0) is 24.3 Å². The van der Waals surface area contributed by atoms with Crippen LogP contribution in [-0.4, -0.2) is 11.6 Å². The molecule has 0 fully saturated rings. The van der Waals surface area contributed by atoms with E-state index >= 15 is 0 Å². The van der Waals surface area contributed by atoms with Gasteiger partial charge in [-0.2, -0.15) is 8.78 Å². The van der Waals surface area contributed by atoms with Crippen molar-refractivity contribution in [3.8, 4) is 17.2 Å². The largest absolute Gasteiger partial charge is 0.453 e. The lowest BCUT2D eigenvalue weighted by molar-refractivity contribution is -0.0509. The number of aromatic nitrogens is 1. The Labute approximate surface area is 123 Å². The Morgan fingerprint density at radius 2 is 1.59 bits per heavy atom. The number of para-hydroxylation sites is 3. The first-order valence-electron chi connectivity index (χ1n) is 6.47. The number of hydrogen-bond acceptors (Lipinski definition) is 3. The Hall–Kier alpha value is -2.89. The van der Waals surface area contributed by atoms with Crippen LogP contribution < -0.4 is 15.0 Å². The molecule has 4 nitrogen and oxygen atoms in total. The van der Waals surface area contributed by atoms with Crippen LogP contribution in [-0.2, 0) is 0 Å². The van der Waals surface area contributed by atoms with E-state index in [-0.39, 0.29) is 22.8 Å². The predicted molar refractivity (Wildman–Crippen MR) is 77.7 cm³/mol. The number of aromatic amines is 1. The molecule has 0 atom stereocenters. The highest BCUT2D eigenvalue weighted by atomic mass is 19.3. The number of halogens is 2. The number of pyridine rings is 1. The molecule has 0 aliphatic carbocycles. The molecule has 2 aromatic carbocycles. The highest BCUT2D eigenvalue weighted by molar-refractivity contribution is 5.85. The van der Waals surface area contributed by atoms with Crippen molar-refractivity contribution in [2.45, 2.75) is 6.61 Å². The van der Waals surface area contributed by atoms with Crippen LogP contribution in [0.5, 0.6) is 17.2 Å². The Morgan fingerprint density at radius 3 is 2.36 bits per heavy atom. The first kappa shape index (κ1) is 14.1. The molecule has 1 N–H and O–H groups in total. The van der Waals surface area contributed by atoms with E-state index in [1.54, 1.807) is 36.4 Å². The second-order valence-corrected chi connectivity index (χ2v) is 4.47. The molecule has 0 spiro atoms. The second-order valence-electron chi connectivity index (χ2n) is 4.47. The normalized spacial score (nSPS) is 10.9. The molecular formula is C16H11F2NO3. The molecule has 112 valence electrons. The summed E-state index contributed by atoms with van der Waals surface area (Å²) in [5.41, 5.74) is 0.248. The zero-order chi connectivity index (χ0) is 15.5. The summed E-state index contributed by atoms with van der Waals surface area (Å²) in [6.45, 7) is -2.96. The van der Waals surface area contributed by atoms with Gasteiger partial charge in [-0.3, -0.25) is 4.79 Å². The smallest absolute Gasteiger partial charge is 0.387 e. The lowest BCUT2D eigenvalue weighted by Gasteiger charge is -2.12. The van der Waals surface area contributed by atoms with Crippen molar-refractivity contribution < 1.29 is 18.3 Å². The summed E-state index contributed by atoms with van der Waals surface area (Å²) >= 11 is 0. The number of hydrogen-bond donors (Lipinski definition) is 1. The predicted octanol–water partition coefficient (Wildman–Crippen LogP) is 3.92. The number of H-pyrrole nitrogens is 1. The fraction of sp³-hybridized carbons (Fsp3) is 0.0625. The van der Waals surface area contributed by atoms with E-state index in [0.717, 1.165) is 0 Å². The molecule has 0 aliphatic rings. The maximum atomic E-state index is 12.4. The summed E-state index contributed by atoms with van der Waals surface area (Å²) in [5.74, 6) is 0.282. The Bertz CT molecular complexity index is 861. The molecule has 22 heavy (non-hydrogen) atoms. The fourth-order valence-corrected chi connectivity index (χ4v) is 2.10. The van der Waals surface area contributed by atoms with Gasteiger partial charge >= 0.3 is 6.61 Å². The molecule has 0 amide bonds. The Morgan fingerprint density at radius 1 is 0.909 bits per heavy atom. The standard InChI is InChI=1S/C16H11F2NO3/c17-16(18)22-13-8-4-3-7-12(13)21-14-9-15(20)19-11-6-2-1-5-10(11)14/h1-9,16H,(H,19,20). The number of benzene rings is 2. The van der Waals surface area contributed by atoms with E-state index in [9.17, 15) is 13.6 Å². The number of fused-ring (bicyclic) bond motifs is 1. The van der Waals surface area contributed by atoms with E-state index in [1.165, 1.54) is 18.2 Å². The highest BCUT2D eigenvalue weighted by Gasteiger charge is 2.12. The van der Waals surface area contributed by atoms with Gasteiger partial charge in [-0.15, -0.1) is 0 Å². The summed E-state index contributed by atoms with van der Waals surface area (Å²) in [7, 11) is 0. The maximum absolute atomic E-state index is 12.4. The SMILES string of the molecule is O=c1cc(Oc2ccccc2OC(F)F)c2ccccc2[nH]1. The molecule has 1 heterocycles. The highest BCUT2D eigenvalue weighted by Crippen LogP contribution is 2.34. The summed E-state index contributed by atoms with van der Waals surface area (Å²) in [5, 5.41) is 0.661. The molecule has 0 aliphatic heterocycles. The molecule has 3 rings (SSSR count). The van der Waals surface area contributed by atoms with Crippen molar-refractivity contribution in [1.29, 1.82) is 0 Å². The van der Waals surface area contributed by atoms with Gasteiger partial charge < -0.3 is 14.5 Å². The zero-order valence-electron chi connectivity index (χ0n) is 11.3. The van der Waals surface area contributed by atoms with Crippen molar-refractivity contribution in [3.05, 3.63) is 65.0 Å². The van der Waals surface area contributed by atoms with Gasteiger partial charge in [0.1, 0.15) is 5.75 Å². The lowest BCUT2D eigenvalue weighted by atomic mass is 10.2. The monoisotopic (exact) mass is 303 g/mol. The van der Waals surface area contributed by atoms with Gasteiger partial charge in [0.25, 0.3) is 5.56 Å². The number of rotatable bonds is 4. The molecule has 3 aromatic rings. The molecule has 0 saturated carbocycles. The van der Waals surface area contributed by atoms with Crippen LogP contribution in [0.15, 0.2) is 59.4 Å². The van der Waals surface area contributed by atoms with Gasteiger partial charge in [0.15, 0.2) is 11.5 Å². The second kappa shape index (κ2) is 5.85. The molecule has 0 bridgehead atoms. The third kappa shape index (κ3) is 2.90. The molecule has 0 radical (unpaired) electrons. The molecule has 0 saturated heterocycles. The molecule has 1 aromatic heterocycles. The first-order valence-corrected chi connectivity index (χ1v) is 6.47. The Kier molecular flexibility index (Phi) is 3.74. The van der Waals surface area contributed by atoms with E-state index in [4.69, 9.17) is 4.74 Å². The minimum absolute atomic E-state index is 0.0955. The third-order valence-electron chi connectivity index (χ3n) is 3.00. The maximum Gasteiger partial charge on any atom is 0.387 e. The summed E-state index contributed by atoms with van der Waals surface area (Å²) in [6.07, 6.45) is 0. The van der Waals surface area contributed by atoms with Crippen LogP contribution in [0, 0.1) is 0 Å². The minimum atomic E-state index is -2.96. The van der Waals surface area contributed by atoms with Crippen LogP contribution in [0.1, 0.15) is 0 Å². The third-order valence-corrected chi connectivity index (χ3v) is 3.00. The fourth-order valence-electron chi connectivity index (χ4n) is 2.10. The summed E-state index contributed by atoms with van der Waals surface area (Å²) in [4.78, 5) is 14.3. The molecule has 6 heteroatoms. The van der Waals surface area contributed by atoms with Gasteiger partial charge in [-0.25, -0.2) is 0 Å². The quantitative estimate of drug-likeness (QED) is 0.794. The van der Waals surface area contributed by atoms with Crippen LogP contribution in [0.2, 0.25) is 0 Å². The van der Waals surface area contributed by atoms with E-state index < -0.39 is 6.61 Å². The topological polar surface area (TPSA) is 51.3 Å². The van der Waals surface area contributed by atoms with Crippen LogP contribution in [0.25, 0.3) is 10.9 Å². The average Bonchev–Trinajstić information content (AvgIpc) is 2.48. The van der Waals surface area contributed by atoms with Crippen molar-refractivity contribution in [2.24, 2.45) is 0 Å². The van der Waals surface area contributed by atoms with Crippen molar-refractivity contribution in [3.63, 3.8) is 0 Å². The van der Waals surface area contributed by atoms with Crippen molar-refractivity contribution >= 4 is 10.9 Å². The molecule has 0 unspecified atom stereocenters. The Balaban J connectivity index is 2.06. The lowest BCUT2D eigenvalue weighted by Crippen LogP contribution is -2.06. The molecular weight excluding hydrogens is 292 g/mol. The van der Waals surface area contributed by atoms with E-state index in [2.05, 4.69) is 9.72 Å². The number of alkyl halides is 2. The number of ether oxygens (including phenoxy) is 2.